The topological polar surface area (TPSA) is 41.1 Å². The van der Waals surface area contributed by atoms with Gasteiger partial charge in [0.1, 0.15) is 0 Å². The van der Waals surface area contributed by atoms with Gasteiger partial charge in [-0.2, -0.15) is 0 Å². The molecule has 0 saturated carbocycles. The zero-order chi connectivity index (χ0) is 13.8. The molecule has 0 bridgehead atoms. The Labute approximate surface area is 121 Å². The zero-order valence-electron chi connectivity index (χ0n) is 12.0. The van der Waals surface area contributed by atoms with Gasteiger partial charge in [0.05, 0.1) is 6.04 Å². The second-order valence-corrected chi connectivity index (χ2v) is 6.11. The van der Waals surface area contributed by atoms with Crippen LogP contribution < -0.4 is 10.6 Å². The summed E-state index contributed by atoms with van der Waals surface area (Å²) in [7, 11) is 0. The summed E-state index contributed by atoms with van der Waals surface area (Å²) in [5, 5.41) is 6.61. The van der Waals surface area contributed by atoms with Crippen LogP contribution >= 0.6 is 0 Å². The van der Waals surface area contributed by atoms with Crippen molar-refractivity contribution in [1.82, 2.24) is 10.6 Å². The molecule has 3 heteroatoms. The summed E-state index contributed by atoms with van der Waals surface area (Å²) in [6, 6.07) is 8.77. The van der Waals surface area contributed by atoms with Gasteiger partial charge in [0.2, 0.25) is 5.91 Å². The number of hydrogen-bond donors (Lipinski definition) is 2. The van der Waals surface area contributed by atoms with E-state index in [-0.39, 0.29) is 11.9 Å². The molecule has 1 heterocycles. The van der Waals surface area contributed by atoms with Gasteiger partial charge >= 0.3 is 0 Å². The summed E-state index contributed by atoms with van der Waals surface area (Å²) in [4.78, 5) is 12.3. The average molecular weight is 272 g/mol. The molecule has 1 aromatic carbocycles. The van der Waals surface area contributed by atoms with Gasteiger partial charge < -0.3 is 10.6 Å². The number of carbonyl (C=O) groups excluding carboxylic acids is 1. The largest absolute Gasteiger partial charge is 0.349 e. The van der Waals surface area contributed by atoms with Crippen molar-refractivity contribution >= 4 is 5.91 Å². The fourth-order valence-electron chi connectivity index (χ4n) is 3.51. The highest BCUT2D eigenvalue weighted by Crippen LogP contribution is 2.29. The molecule has 1 fully saturated rings. The Kier molecular flexibility index (Phi) is 4.36. The van der Waals surface area contributed by atoms with E-state index < -0.39 is 0 Å². The first-order valence-corrected chi connectivity index (χ1v) is 7.91. The third kappa shape index (κ3) is 3.21. The molecule has 0 radical (unpaired) electrons. The fourth-order valence-corrected chi connectivity index (χ4v) is 3.51. The van der Waals surface area contributed by atoms with Gasteiger partial charge in [-0.1, -0.05) is 24.3 Å². The quantitative estimate of drug-likeness (QED) is 0.888. The monoisotopic (exact) mass is 272 g/mol. The van der Waals surface area contributed by atoms with Crippen LogP contribution in [0.5, 0.6) is 0 Å². The summed E-state index contributed by atoms with van der Waals surface area (Å²) in [6.45, 7) is 2.12. The first-order chi connectivity index (χ1) is 9.83. The molecule has 0 spiro atoms. The van der Waals surface area contributed by atoms with Crippen LogP contribution in [-0.2, 0) is 11.2 Å². The summed E-state index contributed by atoms with van der Waals surface area (Å²) in [5.74, 6) is 0.800. The second kappa shape index (κ2) is 6.40. The van der Waals surface area contributed by atoms with Crippen LogP contribution in [0.2, 0.25) is 0 Å². The van der Waals surface area contributed by atoms with E-state index in [0.717, 1.165) is 38.8 Å². The van der Waals surface area contributed by atoms with Gasteiger partial charge in [-0.3, -0.25) is 4.79 Å². The maximum atomic E-state index is 12.3. The minimum Gasteiger partial charge on any atom is -0.349 e. The Morgan fingerprint density at radius 1 is 1.20 bits per heavy atom. The molecular formula is C17H24N2O. The van der Waals surface area contributed by atoms with Crippen molar-refractivity contribution in [2.75, 3.05) is 13.1 Å². The number of amides is 1. The lowest BCUT2D eigenvalue weighted by Crippen LogP contribution is -2.35. The maximum absolute atomic E-state index is 12.3. The Balaban J connectivity index is 1.59. The predicted molar refractivity (Wildman–Crippen MR) is 80.5 cm³/mol. The first kappa shape index (κ1) is 13.6. The lowest BCUT2D eigenvalue weighted by atomic mass is 9.87. The maximum Gasteiger partial charge on any atom is 0.220 e. The zero-order valence-corrected chi connectivity index (χ0v) is 12.0. The third-order valence-electron chi connectivity index (χ3n) is 4.64. The molecule has 1 saturated heterocycles. The number of piperidine rings is 1. The molecule has 2 aliphatic rings. The Bertz CT molecular complexity index is 466. The molecule has 3 nitrogen and oxygen atoms in total. The number of carbonyl (C=O) groups is 1. The molecule has 1 amide bonds. The highest BCUT2D eigenvalue weighted by atomic mass is 16.1. The van der Waals surface area contributed by atoms with Gasteiger partial charge in [0.15, 0.2) is 0 Å². The number of aryl methyl sites for hydroxylation is 1. The van der Waals surface area contributed by atoms with Crippen LogP contribution in [0.3, 0.4) is 0 Å². The third-order valence-corrected chi connectivity index (χ3v) is 4.64. The van der Waals surface area contributed by atoms with Crippen LogP contribution in [0.25, 0.3) is 0 Å². The molecule has 108 valence electrons. The van der Waals surface area contributed by atoms with Crippen molar-refractivity contribution in [3.8, 4) is 0 Å². The van der Waals surface area contributed by atoms with Crippen molar-refractivity contribution in [3.63, 3.8) is 0 Å². The Hall–Kier alpha value is -1.35. The lowest BCUT2D eigenvalue weighted by molar-refractivity contribution is -0.123. The molecule has 1 unspecified atom stereocenters. The van der Waals surface area contributed by atoms with Gasteiger partial charge in [-0.05, 0) is 62.2 Å². The number of fused-ring (bicyclic) bond motifs is 1. The predicted octanol–water partition coefficient (Wildman–Crippen LogP) is 2.57. The molecule has 20 heavy (non-hydrogen) atoms. The molecule has 1 atom stereocenters. The van der Waals surface area contributed by atoms with Gasteiger partial charge in [0.25, 0.3) is 0 Å². The van der Waals surface area contributed by atoms with E-state index in [4.69, 9.17) is 0 Å². The van der Waals surface area contributed by atoms with Crippen LogP contribution in [0.1, 0.15) is 49.3 Å². The molecule has 2 N–H and O–H groups in total. The summed E-state index contributed by atoms with van der Waals surface area (Å²) in [6.07, 6.45) is 6.37. The minimum atomic E-state index is 0.231. The van der Waals surface area contributed by atoms with Crippen molar-refractivity contribution < 1.29 is 4.79 Å². The normalized spacial score (nSPS) is 23.1. The van der Waals surface area contributed by atoms with E-state index in [1.807, 2.05) is 0 Å². The molecule has 3 rings (SSSR count). The highest BCUT2D eigenvalue weighted by molar-refractivity contribution is 5.76. The summed E-state index contributed by atoms with van der Waals surface area (Å²) < 4.78 is 0. The Morgan fingerprint density at radius 3 is 2.85 bits per heavy atom. The van der Waals surface area contributed by atoms with Crippen LogP contribution in [0.4, 0.5) is 0 Å². The van der Waals surface area contributed by atoms with E-state index in [9.17, 15) is 4.79 Å². The molecule has 0 aromatic heterocycles. The highest BCUT2D eigenvalue weighted by Gasteiger charge is 2.23. The van der Waals surface area contributed by atoms with Gasteiger partial charge in [0, 0.05) is 6.42 Å². The number of rotatable bonds is 3. The van der Waals surface area contributed by atoms with E-state index in [1.165, 1.54) is 17.5 Å². The minimum absolute atomic E-state index is 0.231. The SMILES string of the molecule is O=C(CC1CCNCC1)NC1CCCc2ccccc21. The number of nitrogens with one attached hydrogen (secondary N) is 2. The van der Waals surface area contributed by atoms with Crippen LogP contribution in [0.15, 0.2) is 24.3 Å². The van der Waals surface area contributed by atoms with Crippen molar-refractivity contribution in [2.24, 2.45) is 5.92 Å². The smallest absolute Gasteiger partial charge is 0.220 e. The van der Waals surface area contributed by atoms with Crippen molar-refractivity contribution in [2.45, 2.75) is 44.6 Å². The van der Waals surface area contributed by atoms with E-state index >= 15 is 0 Å². The summed E-state index contributed by atoms with van der Waals surface area (Å²) in [5.41, 5.74) is 2.74. The molecule has 1 aliphatic carbocycles. The van der Waals surface area contributed by atoms with Crippen LogP contribution in [0, 0.1) is 5.92 Å². The van der Waals surface area contributed by atoms with Crippen molar-refractivity contribution in [3.05, 3.63) is 35.4 Å². The standard InChI is InChI=1S/C17H24N2O/c20-17(12-13-8-10-18-11-9-13)19-16-7-3-5-14-4-1-2-6-15(14)16/h1-2,4,6,13,16,18H,3,5,7-12H2,(H,19,20). The molecule has 1 aromatic rings. The second-order valence-electron chi connectivity index (χ2n) is 6.11. The molecule has 1 aliphatic heterocycles. The van der Waals surface area contributed by atoms with E-state index in [0.29, 0.717) is 12.3 Å². The van der Waals surface area contributed by atoms with Crippen molar-refractivity contribution in [1.29, 1.82) is 0 Å². The lowest BCUT2D eigenvalue weighted by Gasteiger charge is -2.28. The molecular weight excluding hydrogens is 248 g/mol. The number of benzene rings is 1. The Morgan fingerprint density at radius 2 is 2.00 bits per heavy atom. The van der Waals surface area contributed by atoms with E-state index in [1.54, 1.807) is 0 Å². The van der Waals surface area contributed by atoms with Crippen LogP contribution in [-0.4, -0.2) is 19.0 Å². The average Bonchev–Trinajstić information content (AvgIpc) is 2.48. The fraction of sp³-hybridized carbons (Fsp3) is 0.588. The van der Waals surface area contributed by atoms with Gasteiger partial charge in [-0.15, -0.1) is 0 Å². The number of hydrogen-bond acceptors (Lipinski definition) is 2. The first-order valence-electron chi connectivity index (χ1n) is 7.91. The van der Waals surface area contributed by atoms with Gasteiger partial charge in [-0.25, -0.2) is 0 Å². The van der Waals surface area contributed by atoms with E-state index in [2.05, 4.69) is 34.9 Å². The summed E-state index contributed by atoms with van der Waals surface area (Å²) >= 11 is 0.